The minimum atomic E-state index is -0.0980. The Bertz CT molecular complexity index is 741. The van der Waals surface area contributed by atoms with Gasteiger partial charge in [0.05, 0.1) is 12.2 Å². The summed E-state index contributed by atoms with van der Waals surface area (Å²) in [6.07, 6.45) is 3.79. The Morgan fingerprint density at radius 2 is 2.04 bits per heavy atom. The molecule has 23 heavy (non-hydrogen) atoms. The van der Waals surface area contributed by atoms with Crippen molar-refractivity contribution in [2.75, 3.05) is 10.7 Å². The third kappa shape index (κ3) is 2.38. The van der Waals surface area contributed by atoms with Crippen LogP contribution in [0, 0.1) is 0 Å². The molecule has 2 aliphatic heterocycles. The second kappa shape index (κ2) is 5.71. The van der Waals surface area contributed by atoms with E-state index in [1.807, 2.05) is 21.7 Å². The first-order valence-electron chi connectivity index (χ1n) is 8.23. The molecule has 120 valence electrons. The summed E-state index contributed by atoms with van der Waals surface area (Å²) in [7, 11) is 0. The lowest BCUT2D eigenvalue weighted by Crippen LogP contribution is -2.47. The number of carbonyl (C=O) groups is 1. The van der Waals surface area contributed by atoms with Crippen LogP contribution in [-0.4, -0.2) is 27.5 Å². The molecule has 0 saturated heterocycles. The summed E-state index contributed by atoms with van der Waals surface area (Å²) in [6, 6.07) is 10.9. The molecular formula is C18H21N3OS. The van der Waals surface area contributed by atoms with Gasteiger partial charge in [0.1, 0.15) is 11.1 Å². The Kier molecular flexibility index (Phi) is 3.68. The maximum Gasteiger partial charge on any atom is 0.246 e. The number of fused-ring (bicyclic) bond motifs is 2. The van der Waals surface area contributed by atoms with E-state index in [1.54, 1.807) is 18.0 Å². The van der Waals surface area contributed by atoms with Crippen LogP contribution in [0.25, 0.3) is 0 Å². The first-order valence-corrected chi connectivity index (χ1v) is 9.27. The van der Waals surface area contributed by atoms with Gasteiger partial charge >= 0.3 is 0 Å². The zero-order valence-corrected chi connectivity index (χ0v) is 14.3. The molecule has 0 spiro atoms. The molecule has 0 bridgehead atoms. The van der Waals surface area contributed by atoms with Gasteiger partial charge in [-0.1, -0.05) is 24.3 Å². The van der Waals surface area contributed by atoms with E-state index < -0.39 is 0 Å². The van der Waals surface area contributed by atoms with Gasteiger partial charge in [0.15, 0.2) is 0 Å². The topological polar surface area (TPSA) is 38.1 Å². The highest BCUT2D eigenvalue weighted by Gasteiger charge is 2.38. The van der Waals surface area contributed by atoms with Gasteiger partial charge in [0, 0.05) is 12.1 Å². The fourth-order valence-corrected chi connectivity index (χ4v) is 5.06. The normalized spacial score (nSPS) is 26.5. The number of carbonyl (C=O) groups excluding carboxylic acids is 1. The molecule has 0 N–H and O–H groups in total. The predicted octanol–water partition coefficient (Wildman–Crippen LogP) is 3.60. The lowest BCUT2D eigenvalue weighted by molar-refractivity contribution is -0.119. The molecule has 3 atom stereocenters. The molecule has 0 radical (unpaired) electrons. The van der Waals surface area contributed by atoms with Gasteiger partial charge in [0.25, 0.3) is 0 Å². The van der Waals surface area contributed by atoms with Crippen molar-refractivity contribution in [2.24, 2.45) is 0 Å². The number of anilines is 1. The molecule has 4 rings (SSSR count). The minimum absolute atomic E-state index is 0.0980. The summed E-state index contributed by atoms with van der Waals surface area (Å²) in [5.74, 6) is 2.14. The van der Waals surface area contributed by atoms with Crippen LogP contribution < -0.4 is 4.90 Å². The van der Waals surface area contributed by atoms with E-state index in [-0.39, 0.29) is 17.2 Å². The Morgan fingerprint density at radius 1 is 1.22 bits per heavy atom. The van der Waals surface area contributed by atoms with E-state index >= 15 is 0 Å². The predicted molar refractivity (Wildman–Crippen MR) is 93.8 cm³/mol. The van der Waals surface area contributed by atoms with Gasteiger partial charge in [-0.3, -0.25) is 9.69 Å². The summed E-state index contributed by atoms with van der Waals surface area (Å²) >= 11 is 1.77. The Balaban J connectivity index is 1.72. The highest BCUT2D eigenvalue weighted by atomic mass is 32.2. The number of benzene rings is 1. The Morgan fingerprint density at radius 3 is 2.91 bits per heavy atom. The first kappa shape index (κ1) is 14.8. The molecule has 2 aliphatic rings. The number of thioether (sulfide) groups is 1. The van der Waals surface area contributed by atoms with E-state index in [2.05, 4.69) is 37.1 Å². The number of amides is 1. The molecular weight excluding hydrogens is 306 g/mol. The zero-order chi connectivity index (χ0) is 16.0. The average Bonchev–Trinajstić information content (AvgIpc) is 3.04. The fraction of sp³-hybridized carbons (Fsp3) is 0.444. The molecule has 1 amide bonds. The maximum absolute atomic E-state index is 13.4. The van der Waals surface area contributed by atoms with Crippen molar-refractivity contribution < 1.29 is 4.79 Å². The van der Waals surface area contributed by atoms with Gasteiger partial charge in [0.2, 0.25) is 5.91 Å². The molecule has 0 aliphatic carbocycles. The van der Waals surface area contributed by atoms with Gasteiger partial charge in [-0.15, -0.1) is 11.8 Å². The fourth-order valence-electron chi connectivity index (χ4n) is 3.82. The van der Waals surface area contributed by atoms with Crippen molar-refractivity contribution in [3.8, 4) is 0 Å². The van der Waals surface area contributed by atoms with Crippen molar-refractivity contribution in [1.29, 1.82) is 0 Å². The smallest absolute Gasteiger partial charge is 0.246 e. The van der Waals surface area contributed by atoms with Gasteiger partial charge in [-0.05, 0) is 43.6 Å². The monoisotopic (exact) mass is 327 g/mol. The molecule has 1 aromatic carbocycles. The van der Waals surface area contributed by atoms with Crippen LogP contribution in [0.1, 0.15) is 42.7 Å². The summed E-state index contributed by atoms with van der Waals surface area (Å²) in [5.41, 5.74) is 2.50. The van der Waals surface area contributed by atoms with Crippen LogP contribution in [0.3, 0.4) is 0 Å². The first-order chi connectivity index (χ1) is 11.2. The molecule has 5 heteroatoms. The van der Waals surface area contributed by atoms with Crippen molar-refractivity contribution in [1.82, 2.24) is 9.78 Å². The number of nitrogens with zero attached hydrogens (tertiary/aromatic N) is 3. The van der Waals surface area contributed by atoms with E-state index in [1.165, 1.54) is 11.1 Å². The second-order valence-electron chi connectivity index (χ2n) is 6.48. The molecule has 0 saturated carbocycles. The number of rotatable bonds is 1. The third-order valence-corrected chi connectivity index (χ3v) is 6.12. The van der Waals surface area contributed by atoms with Crippen LogP contribution in [0.15, 0.2) is 36.5 Å². The van der Waals surface area contributed by atoms with E-state index in [9.17, 15) is 4.79 Å². The number of hydrogen-bond acceptors (Lipinski definition) is 3. The maximum atomic E-state index is 13.4. The molecule has 4 nitrogen and oxygen atoms in total. The second-order valence-corrected chi connectivity index (χ2v) is 7.69. The standard InChI is InChI=1S/C18H21N3OS/c1-12-11-13(2)21-16(7-9-19-21)20(12)18(22)17-15-6-4-3-5-14(15)8-10-23-17/h3-7,9,12-13,17H,8,10-11H2,1-2H3/t12-,13+,17+/m1/s1. The third-order valence-electron chi connectivity index (χ3n) is 4.89. The molecule has 3 heterocycles. The van der Waals surface area contributed by atoms with Crippen molar-refractivity contribution in [2.45, 2.75) is 44.0 Å². The van der Waals surface area contributed by atoms with Gasteiger partial charge < -0.3 is 0 Å². The van der Waals surface area contributed by atoms with Crippen molar-refractivity contribution >= 4 is 23.5 Å². The van der Waals surface area contributed by atoms with E-state index in [0.29, 0.717) is 6.04 Å². The summed E-state index contributed by atoms with van der Waals surface area (Å²) in [5, 5.41) is 4.31. The number of aryl methyl sites for hydroxylation is 1. The highest BCUT2D eigenvalue weighted by Crippen LogP contribution is 2.41. The Hall–Kier alpha value is -1.75. The SMILES string of the molecule is C[C@@H]1C[C@H](C)n2nccc2N1C(=O)[C@H]1SCCc2ccccc21. The van der Waals surface area contributed by atoms with Crippen LogP contribution in [-0.2, 0) is 11.2 Å². The van der Waals surface area contributed by atoms with E-state index in [4.69, 9.17) is 0 Å². The summed E-state index contributed by atoms with van der Waals surface area (Å²) < 4.78 is 1.98. The van der Waals surface area contributed by atoms with Crippen molar-refractivity contribution in [3.05, 3.63) is 47.7 Å². The largest absolute Gasteiger partial charge is 0.293 e. The van der Waals surface area contributed by atoms with Crippen LogP contribution in [0.2, 0.25) is 0 Å². The highest BCUT2D eigenvalue weighted by molar-refractivity contribution is 8.00. The van der Waals surface area contributed by atoms with Crippen molar-refractivity contribution in [3.63, 3.8) is 0 Å². The quantitative estimate of drug-likeness (QED) is 0.803. The summed E-state index contributed by atoms with van der Waals surface area (Å²) in [4.78, 5) is 15.3. The van der Waals surface area contributed by atoms with Gasteiger partial charge in [-0.2, -0.15) is 5.10 Å². The lowest BCUT2D eigenvalue weighted by atomic mass is 9.99. The number of aromatic nitrogens is 2. The molecule has 0 fully saturated rings. The van der Waals surface area contributed by atoms with Crippen LogP contribution in [0.5, 0.6) is 0 Å². The van der Waals surface area contributed by atoms with Crippen LogP contribution in [0.4, 0.5) is 5.82 Å². The molecule has 0 unspecified atom stereocenters. The molecule has 2 aromatic rings. The van der Waals surface area contributed by atoms with Crippen LogP contribution >= 0.6 is 11.8 Å². The number of hydrogen-bond donors (Lipinski definition) is 0. The van der Waals surface area contributed by atoms with Gasteiger partial charge in [-0.25, -0.2) is 4.68 Å². The lowest BCUT2D eigenvalue weighted by Gasteiger charge is -2.39. The zero-order valence-electron chi connectivity index (χ0n) is 13.5. The average molecular weight is 327 g/mol. The minimum Gasteiger partial charge on any atom is -0.293 e. The molecule has 1 aromatic heterocycles. The Labute approximate surface area is 140 Å². The summed E-state index contributed by atoms with van der Waals surface area (Å²) in [6.45, 7) is 4.31. The van der Waals surface area contributed by atoms with E-state index in [0.717, 1.165) is 24.4 Å².